The van der Waals surface area contributed by atoms with Crippen molar-refractivity contribution < 1.29 is 5.11 Å². The number of aliphatic imine (C=N–C) groups is 1. The molecule has 6 nitrogen and oxygen atoms in total. The molecule has 1 unspecified atom stereocenters. The maximum Gasteiger partial charge on any atom is 0.191 e. The first-order valence-corrected chi connectivity index (χ1v) is 9.56. The average Bonchev–Trinajstić information content (AvgIpc) is 3.28. The molecule has 0 fully saturated rings. The highest BCUT2D eigenvalue weighted by molar-refractivity contribution is 14.0. The maximum absolute atomic E-state index is 9.76. The monoisotopic (exact) mass is 505 g/mol. The quantitative estimate of drug-likeness (QED) is 0.250. The molecule has 2 aromatic carbocycles. The summed E-state index contributed by atoms with van der Waals surface area (Å²) in [6, 6.07) is 18.2. The molecule has 0 spiro atoms. The largest absolute Gasteiger partial charge is 0.396 e. The molecular formula is C22H28IN5O. The average molecular weight is 505 g/mol. The minimum absolute atomic E-state index is 0. The fourth-order valence-electron chi connectivity index (χ4n) is 3.04. The second-order valence-corrected chi connectivity index (χ2v) is 6.46. The van der Waals surface area contributed by atoms with E-state index in [1.165, 1.54) is 0 Å². The van der Waals surface area contributed by atoms with Gasteiger partial charge in [-0.05, 0) is 24.1 Å². The summed E-state index contributed by atoms with van der Waals surface area (Å²) in [5.41, 5.74) is 3.29. The fourth-order valence-corrected chi connectivity index (χ4v) is 3.04. The summed E-state index contributed by atoms with van der Waals surface area (Å²) in [5.74, 6) is 0.751. The van der Waals surface area contributed by atoms with Gasteiger partial charge in [0.05, 0.1) is 25.2 Å². The van der Waals surface area contributed by atoms with Crippen LogP contribution in [0.2, 0.25) is 0 Å². The van der Waals surface area contributed by atoms with Crippen LogP contribution in [0.5, 0.6) is 0 Å². The predicted molar refractivity (Wildman–Crippen MR) is 128 cm³/mol. The van der Waals surface area contributed by atoms with Crippen LogP contribution < -0.4 is 10.6 Å². The zero-order valence-electron chi connectivity index (χ0n) is 16.5. The van der Waals surface area contributed by atoms with Gasteiger partial charge in [0, 0.05) is 31.4 Å². The van der Waals surface area contributed by atoms with Gasteiger partial charge in [-0.1, -0.05) is 48.5 Å². The van der Waals surface area contributed by atoms with Crippen molar-refractivity contribution in [2.75, 3.05) is 19.7 Å². The van der Waals surface area contributed by atoms with Crippen LogP contribution in [0.15, 0.2) is 78.3 Å². The van der Waals surface area contributed by atoms with Gasteiger partial charge in [-0.15, -0.1) is 24.0 Å². The van der Waals surface area contributed by atoms with Gasteiger partial charge in [-0.25, -0.2) is 9.98 Å². The van der Waals surface area contributed by atoms with Gasteiger partial charge >= 0.3 is 0 Å². The summed E-state index contributed by atoms with van der Waals surface area (Å²) >= 11 is 0. The first-order valence-electron chi connectivity index (χ1n) is 9.56. The van der Waals surface area contributed by atoms with Crippen molar-refractivity contribution >= 4 is 29.9 Å². The summed E-state index contributed by atoms with van der Waals surface area (Å²) in [6.07, 6.45) is 5.49. The number of guanidine groups is 1. The smallest absolute Gasteiger partial charge is 0.191 e. The number of rotatable bonds is 8. The number of aliphatic hydroxyl groups excluding tert-OH is 1. The lowest BCUT2D eigenvalue weighted by Gasteiger charge is -2.18. The molecule has 1 heterocycles. The number of hydrogen-bond acceptors (Lipinski definition) is 3. The molecule has 3 aromatic rings. The fraction of sp³-hybridized carbons (Fsp3) is 0.273. The molecule has 0 bridgehead atoms. The zero-order chi connectivity index (χ0) is 19.6. The second-order valence-electron chi connectivity index (χ2n) is 6.46. The Bertz CT molecular complexity index is 868. The lowest BCUT2D eigenvalue weighted by molar-refractivity contribution is 0.265. The van der Waals surface area contributed by atoms with E-state index in [1.54, 1.807) is 12.5 Å². The van der Waals surface area contributed by atoms with Gasteiger partial charge in [0.1, 0.15) is 0 Å². The highest BCUT2D eigenvalue weighted by Crippen LogP contribution is 2.16. The van der Waals surface area contributed by atoms with E-state index in [9.17, 15) is 5.11 Å². The van der Waals surface area contributed by atoms with Crippen LogP contribution in [0, 0.1) is 0 Å². The first kappa shape index (κ1) is 22.9. The Morgan fingerprint density at radius 1 is 1.10 bits per heavy atom. The number of aromatic nitrogens is 2. The van der Waals surface area contributed by atoms with Crippen molar-refractivity contribution in [3.8, 4) is 5.69 Å². The number of aliphatic hydroxyl groups is 1. The summed E-state index contributed by atoms with van der Waals surface area (Å²) in [5, 5.41) is 16.4. The van der Waals surface area contributed by atoms with Crippen molar-refractivity contribution in [1.29, 1.82) is 0 Å². The Balaban J connectivity index is 0.00000300. The Hall–Kier alpha value is -2.39. The van der Waals surface area contributed by atoms with Crippen molar-refractivity contribution in [2.24, 2.45) is 4.99 Å². The lowest BCUT2D eigenvalue weighted by Crippen LogP contribution is -2.40. The number of benzene rings is 2. The van der Waals surface area contributed by atoms with Crippen LogP contribution in [0.4, 0.5) is 0 Å². The van der Waals surface area contributed by atoms with E-state index in [2.05, 4.69) is 27.8 Å². The van der Waals surface area contributed by atoms with Crippen molar-refractivity contribution in [2.45, 2.75) is 19.4 Å². The second kappa shape index (κ2) is 12.2. The molecule has 3 N–H and O–H groups in total. The summed E-state index contributed by atoms with van der Waals surface area (Å²) in [7, 11) is 0. The Kier molecular flexibility index (Phi) is 9.66. The standard InChI is InChI=1S/C22H27N5O.HI/c1-2-24-22(26-15-20(16-28)18-8-4-3-5-9-18)25-14-19-10-6-7-11-21(19)27-13-12-23-17-27;/h3-13,17,20,28H,2,14-16H2,1H3,(H2,24,25,26);1H. The highest BCUT2D eigenvalue weighted by atomic mass is 127. The van der Waals surface area contributed by atoms with E-state index in [1.807, 2.05) is 60.2 Å². The molecule has 154 valence electrons. The Morgan fingerprint density at radius 3 is 2.55 bits per heavy atom. The van der Waals surface area contributed by atoms with Crippen LogP contribution in [-0.4, -0.2) is 40.3 Å². The molecule has 1 atom stereocenters. The third-order valence-electron chi connectivity index (χ3n) is 4.53. The van der Waals surface area contributed by atoms with Crippen molar-refractivity contribution in [3.05, 3.63) is 84.4 Å². The molecule has 0 saturated carbocycles. The molecule has 7 heteroatoms. The van der Waals surface area contributed by atoms with Crippen LogP contribution in [0.3, 0.4) is 0 Å². The van der Waals surface area contributed by atoms with Gasteiger partial charge in [0.25, 0.3) is 0 Å². The Labute approximate surface area is 189 Å². The molecule has 0 amide bonds. The number of nitrogens with one attached hydrogen (secondary N) is 2. The van der Waals surface area contributed by atoms with Gasteiger partial charge < -0.3 is 20.3 Å². The van der Waals surface area contributed by atoms with E-state index in [0.29, 0.717) is 13.1 Å². The normalized spacial score (nSPS) is 12.1. The lowest BCUT2D eigenvalue weighted by atomic mass is 10.0. The molecule has 1 aromatic heterocycles. The van der Waals surface area contributed by atoms with E-state index in [-0.39, 0.29) is 36.5 Å². The van der Waals surface area contributed by atoms with Crippen molar-refractivity contribution in [3.63, 3.8) is 0 Å². The molecule has 0 aliphatic carbocycles. The third kappa shape index (κ3) is 6.57. The van der Waals surface area contributed by atoms with Gasteiger partial charge in [0.2, 0.25) is 0 Å². The van der Waals surface area contributed by atoms with E-state index < -0.39 is 0 Å². The number of hydrogen-bond donors (Lipinski definition) is 3. The van der Waals surface area contributed by atoms with Crippen LogP contribution in [0.25, 0.3) is 5.69 Å². The number of nitrogens with zero attached hydrogens (tertiary/aromatic N) is 3. The SMILES string of the molecule is CCNC(=NCc1ccccc1-n1ccnc1)NCC(CO)c1ccccc1.I. The number of para-hydroxylation sites is 1. The summed E-state index contributed by atoms with van der Waals surface area (Å²) in [6.45, 7) is 4.04. The topological polar surface area (TPSA) is 74.5 Å². The van der Waals surface area contributed by atoms with Crippen LogP contribution in [0.1, 0.15) is 24.0 Å². The van der Waals surface area contributed by atoms with E-state index in [4.69, 9.17) is 4.99 Å². The van der Waals surface area contributed by atoms with E-state index in [0.717, 1.165) is 29.3 Å². The van der Waals surface area contributed by atoms with Crippen LogP contribution in [-0.2, 0) is 6.54 Å². The molecule has 0 aliphatic rings. The maximum atomic E-state index is 9.76. The zero-order valence-corrected chi connectivity index (χ0v) is 18.9. The third-order valence-corrected chi connectivity index (χ3v) is 4.53. The van der Waals surface area contributed by atoms with Gasteiger partial charge in [-0.3, -0.25) is 0 Å². The van der Waals surface area contributed by atoms with Gasteiger partial charge in [-0.2, -0.15) is 0 Å². The first-order chi connectivity index (χ1) is 13.8. The van der Waals surface area contributed by atoms with Crippen LogP contribution >= 0.6 is 24.0 Å². The molecule has 3 rings (SSSR count). The molecule has 0 saturated heterocycles. The number of imidazole rings is 1. The molecule has 0 radical (unpaired) electrons. The molecular weight excluding hydrogens is 477 g/mol. The summed E-state index contributed by atoms with van der Waals surface area (Å²) < 4.78 is 1.99. The molecule has 29 heavy (non-hydrogen) atoms. The minimum Gasteiger partial charge on any atom is -0.396 e. The summed E-state index contributed by atoms with van der Waals surface area (Å²) in [4.78, 5) is 8.86. The van der Waals surface area contributed by atoms with Gasteiger partial charge in [0.15, 0.2) is 5.96 Å². The highest BCUT2D eigenvalue weighted by Gasteiger charge is 2.11. The number of halogens is 1. The Morgan fingerprint density at radius 2 is 1.86 bits per heavy atom. The minimum atomic E-state index is 0. The van der Waals surface area contributed by atoms with Crippen molar-refractivity contribution in [1.82, 2.24) is 20.2 Å². The molecule has 0 aliphatic heterocycles. The van der Waals surface area contributed by atoms with E-state index >= 15 is 0 Å². The predicted octanol–water partition coefficient (Wildman–Crippen LogP) is 3.32.